The Morgan fingerprint density at radius 1 is 1.60 bits per heavy atom. The van der Waals surface area contributed by atoms with Crippen LogP contribution in [0.5, 0.6) is 0 Å². The fraction of sp³-hybridized carbons (Fsp3) is 0. The second kappa shape index (κ2) is 2.84. The molecule has 0 unspecified atom stereocenters. The van der Waals surface area contributed by atoms with Crippen molar-refractivity contribution in [3.8, 4) is 0 Å². The molecular formula is C7H7BrN2. The Hall–Kier alpha value is -0.830. The molecule has 0 saturated heterocycles. The molecule has 0 amide bonds. The van der Waals surface area contributed by atoms with Crippen LogP contribution < -0.4 is 5.73 Å². The minimum absolute atomic E-state index is 0.691. The van der Waals surface area contributed by atoms with Gasteiger partial charge in [-0.05, 0) is 34.1 Å². The van der Waals surface area contributed by atoms with Crippen molar-refractivity contribution in [2.75, 3.05) is 5.73 Å². The van der Waals surface area contributed by atoms with Gasteiger partial charge >= 0.3 is 0 Å². The van der Waals surface area contributed by atoms with Gasteiger partial charge in [0.25, 0.3) is 0 Å². The van der Waals surface area contributed by atoms with E-state index in [2.05, 4.69) is 27.5 Å². The van der Waals surface area contributed by atoms with Crippen molar-refractivity contribution in [3.63, 3.8) is 0 Å². The average molecular weight is 199 g/mol. The molecule has 1 rings (SSSR count). The summed E-state index contributed by atoms with van der Waals surface area (Å²) in [4.78, 5) is 4.07. The second-order valence-electron chi connectivity index (χ2n) is 1.85. The molecule has 0 bridgehead atoms. The number of pyridine rings is 1. The first-order chi connectivity index (χ1) is 4.72. The molecular weight excluding hydrogens is 192 g/mol. The van der Waals surface area contributed by atoms with E-state index in [0.29, 0.717) is 5.69 Å². The first kappa shape index (κ1) is 7.28. The van der Waals surface area contributed by atoms with Gasteiger partial charge in [0, 0.05) is 5.69 Å². The van der Waals surface area contributed by atoms with Crippen LogP contribution in [0.15, 0.2) is 23.3 Å². The van der Waals surface area contributed by atoms with Crippen molar-refractivity contribution < 1.29 is 0 Å². The largest absolute Gasteiger partial charge is 0.399 e. The Morgan fingerprint density at radius 3 is 2.80 bits per heavy atom. The number of halogens is 1. The number of rotatable bonds is 1. The molecule has 3 heteroatoms. The molecule has 2 nitrogen and oxygen atoms in total. The Morgan fingerprint density at radius 2 is 2.30 bits per heavy atom. The van der Waals surface area contributed by atoms with Gasteiger partial charge in [0.1, 0.15) is 4.60 Å². The molecule has 1 aromatic rings. The summed E-state index contributed by atoms with van der Waals surface area (Å²) in [7, 11) is 0. The molecule has 0 aliphatic carbocycles. The van der Waals surface area contributed by atoms with Crippen LogP contribution in [0.25, 0.3) is 6.08 Å². The molecule has 2 N–H and O–H groups in total. The van der Waals surface area contributed by atoms with Crippen LogP contribution >= 0.6 is 15.9 Å². The van der Waals surface area contributed by atoms with Gasteiger partial charge in [0.05, 0.1) is 5.69 Å². The van der Waals surface area contributed by atoms with Crippen LogP contribution in [0.1, 0.15) is 5.69 Å². The first-order valence-electron chi connectivity index (χ1n) is 2.78. The normalized spacial score (nSPS) is 9.30. The summed E-state index contributed by atoms with van der Waals surface area (Å²) in [5.74, 6) is 0. The maximum absolute atomic E-state index is 5.52. The highest BCUT2D eigenvalue weighted by molar-refractivity contribution is 9.10. The van der Waals surface area contributed by atoms with E-state index in [4.69, 9.17) is 5.73 Å². The van der Waals surface area contributed by atoms with E-state index in [0.717, 1.165) is 10.3 Å². The highest BCUT2D eigenvalue weighted by atomic mass is 79.9. The Balaban J connectivity index is 3.18. The second-order valence-corrected chi connectivity index (χ2v) is 2.66. The number of anilines is 1. The summed E-state index contributed by atoms with van der Waals surface area (Å²) in [5.41, 5.74) is 6.99. The third-order valence-electron chi connectivity index (χ3n) is 1.05. The zero-order valence-corrected chi connectivity index (χ0v) is 6.93. The molecule has 0 fully saturated rings. The van der Waals surface area contributed by atoms with Gasteiger partial charge < -0.3 is 5.73 Å². The zero-order chi connectivity index (χ0) is 7.56. The average Bonchev–Trinajstić information content (AvgIpc) is 1.85. The van der Waals surface area contributed by atoms with E-state index in [-0.39, 0.29) is 0 Å². The van der Waals surface area contributed by atoms with Crippen molar-refractivity contribution in [2.45, 2.75) is 0 Å². The standard InChI is InChI=1S/C7H7BrN2/c1-2-6-3-5(9)4-7(8)10-6/h2-4H,1H2,(H2,9,10). The van der Waals surface area contributed by atoms with Crippen molar-refractivity contribution in [1.29, 1.82) is 0 Å². The monoisotopic (exact) mass is 198 g/mol. The molecule has 0 aliphatic heterocycles. The fourth-order valence-electron chi connectivity index (χ4n) is 0.642. The smallest absolute Gasteiger partial charge is 0.108 e. The van der Waals surface area contributed by atoms with E-state index >= 15 is 0 Å². The van der Waals surface area contributed by atoms with Crippen molar-refractivity contribution in [2.24, 2.45) is 0 Å². The highest BCUT2D eigenvalue weighted by Crippen LogP contribution is 2.13. The number of hydrogen-bond donors (Lipinski definition) is 1. The van der Waals surface area contributed by atoms with E-state index in [1.54, 1.807) is 18.2 Å². The van der Waals surface area contributed by atoms with E-state index in [9.17, 15) is 0 Å². The molecule has 52 valence electrons. The third-order valence-corrected chi connectivity index (χ3v) is 1.45. The lowest BCUT2D eigenvalue weighted by Crippen LogP contribution is -1.88. The maximum atomic E-state index is 5.52. The summed E-state index contributed by atoms with van der Waals surface area (Å²) in [6.45, 7) is 3.57. The SMILES string of the molecule is C=Cc1cc(N)cc(Br)n1. The fourth-order valence-corrected chi connectivity index (χ4v) is 1.11. The quantitative estimate of drug-likeness (QED) is 0.703. The molecule has 10 heavy (non-hydrogen) atoms. The lowest BCUT2D eigenvalue weighted by atomic mass is 10.3. The molecule has 1 aromatic heterocycles. The molecule has 0 aromatic carbocycles. The number of hydrogen-bond acceptors (Lipinski definition) is 2. The lowest BCUT2D eigenvalue weighted by molar-refractivity contribution is 1.25. The topological polar surface area (TPSA) is 38.9 Å². The predicted molar refractivity (Wildman–Crippen MR) is 46.4 cm³/mol. The Labute approximate surface area is 67.9 Å². The Bertz CT molecular complexity index is 238. The van der Waals surface area contributed by atoms with Crippen LogP contribution in [0.3, 0.4) is 0 Å². The van der Waals surface area contributed by atoms with Crippen LogP contribution in [-0.4, -0.2) is 4.98 Å². The van der Waals surface area contributed by atoms with Gasteiger partial charge in [0.2, 0.25) is 0 Å². The van der Waals surface area contributed by atoms with Crippen LogP contribution in [0.4, 0.5) is 5.69 Å². The number of nitrogens with zero attached hydrogens (tertiary/aromatic N) is 1. The molecule has 0 saturated carbocycles. The molecule has 0 radical (unpaired) electrons. The summed E-state index contributed by atoms with van der Waals surface area (Å²) in [5, 5.41) is 0. The van der Waals surface area contributed by atoms with Gasteiger partial charge in [-0.3, -0.25) is 0 Å². The highest BCUT2D eigenvalue weighted by Gasteiger charge is 1.92. The van der Waals surface area contributed by atoms with Crippen molar-refractivity contribution >= 4 is 27.7 Å². The molecule has 0 atom stereocenters. The molecule has 1 heterocycles. The van der Waals surface area contributed by atoms with Gasteiger partial charge in [0.15, 0.2) is 0 Å². The summed E-state index contributed by atoms with van der Waals surface area (Å²) < 4.78 is 0.738. The lowest BCUT2D eigenvalue weighted by Gasteiger charge is -1.95. The zero-order valence-electron chi connectivity index (χ0n) is 5.34. The maximum Gasteiger partial charge on any atom is 0.108 e. The predicted octanol–water partition coefficient (Wildman–Crippen LogP) is 2.07. The van der Waals surface area contributed by atoms with Crippen LogP contribution in [0, 0.1) is 0 Å². The summed E-state index contributed by atoms with van der Waals surface area (Å²) >= 11 is 3.21. The third kappa shape index (κ3) is 1.57. The molecule has 0 aliphatic rings. The van der Waals surface area contributed by atoms with E-state index in [1.807, 2.05) is 0 Å². The van der Waals surface area contributed by atoms with Crippen molar-refractivity contribution in [3.05, 3.63) is 29.0 Å². The summed E-state index contributed by atoms with van der Waals surface area (Å²) in [6.07, 6.45) is 1.65. The van der Waals surface area contributed by atoms with Crippen LogP contribution in [-0.2, 0) is 0 Å². The minimum atomic E-state index is 0.691. The number of nitrogens with two attached hydrogens (primary N) is 1. The number of aromatic nitrogens is 1. The van der Waals surface area contributed by atoms with Gasteiger partial charge in [-0.15, -0.1) is 0 Å². The minimum Gasteiger partial charge on any atom is -0.399 e. The first-order valence-corrected chi connectivity index (χ1v) is 3.57. The van der Waals surface area contributed by atoms with Crippen molar-refractivity contribution in [1.82, 2.24) is 4.98 Å². The van der Waals surface area contributed by atoms with Crippen LogP contribution in [0.2, 0.25) is 0 Å². The van der Waals surface area contributed by atoms with E-state index in [1.165, 1.54) is 0 Å². The van der Waals surface area contributed by atoms with Gasteiger partial charge in [-0.1, -0.05) is 6.58 Å². The van der Waals surface area contributed by atoms with Gasteiger partial charge in [-0.2, -0.15) is 0 Å². The van der Waals surface area contributed by atoms with Gasteiger partial charge in [-0.25, -0.2) is 4.98 Å². The Kier molecular flexibility index (Phi) is 2.06. The number of nitrogen functional groups attached to an aromatic ring is 1. The summed E-state index contributed by atoms with van der Waals surface area (Å²) in [6, 6.07) is 3.50. The van der Waals surface area contributed by atoms with E-state index < -0.39 is 0 Å². The molecule has 0 spiro atoms.